The minimum absolute atomic E-state index is 0.116. The summed E-state index contributed by atoms with van der Waals surface area (Å²) >= 11 is 0. The monoisotopic (exact) mass is 292 g/mol. The molecule has 1 fully saturated rings. The van der Waals surface area contributed by atoms with Crippen LogP contribution in [-0.2, 0) is 0 Å². The van der Waals surface area contributed by atoms with Crippen LogP contribution in [0, 0.1) is 6.92 Å². The molecule has 5 nitrogen and oxygen atoms in total. The quantitative estimate of drug-likeness (QED) is 0.873. The number of rotatable bonds is 6. The van der Waals surface area contributed by atoms with Gasteiger partial charge in [-0.15, -0.1) is 0 Å². The van der Waals surface area contributed by atoms with Crippen LogP contribution in [0.15, 0.2) is 6.07 Å². The van der Waals surface area contributed by atoms with E-state index in [0.717, 1.165) is 18.2 Å². The zero-order valence-electron chi connectivity index (χ0n) is 13.5. The second-order valence-electron chi connectivity index (χ2n) is 6.09. The van der Waals surface area contributed by atoms with Gasteiger partial charge in [-0.3, -0.25) is 0 Å². The van der Waals surface area contributed by atoms with Crippen LogP contribution in [-0.4, -0.2) is 35.2 Å². The third-order valence-corrected chi connectivity index (χ3v) is 3.82. The van der Waals surface area contributed by atoms with Gasteiger partial charge in [0, 0.05) is 30.9 Å². The number of nitrogens with two attached hydrogens (primary N) is 1. The van der Waals surface area contributed by atoms with Crippen molar-refractivity contribution in [1.82, 2.24) is 9.97 Å². The molecule has 0 saturated heterocycles. The Hall–Kier alpha value is -1.36. The second kappa shape index (κ2) is 7.59. The standard InChI is InChI=1S/C16H28N4O/c1-12(2)21-15-11-13(3)18-16(19-15)20(10-9-17)14-7-5-4-6-8-14/h11-12,14H,4-10,17H2,1-3H3. The molecule has 0 atom stereocenters. The van der Waals surface area contributed by atoms with Crippen molar-refractivity contribution in [2.45, 2.75) is 65.0 Å². The lowest BCUT2D eigenvalue weighted by Gasteiger charge is -2.34. The Morgan fingerprint density at radius 3 is 2.62 bits per heavy atom. The first kappa shape index (κ1) is 16.0. The average molecular weight is 292 g/mol. The lowest BCUT2D eigenvalue weighted by molar-refractivity contribution is 0.232. The summed E-state index contributed by atoms with van der Waals surface area (Å²) in [5.74, 6) is 1.42. The Kier molecular flexibility index (Phi) is 5.79. The maximum absolute atomic E-state index is 5.80. The van der Waals surface area contributed by atoms with Crippen molar-refractivity contribution >= 4 is 5.95 Å². The van der Waals surface area contributed by atoms with Crippen LogP contribution < -0.4 is 15.4 Å². The summed E-state index contributed by atoms with van der Waals surface area (Å²) in [6, 6.07) is 2.40. The van der Waals surface area contributed by atoms with Crippen molar-refractivity contribution in [3.63, 3.8) is 0 Å². The van der Waals surface area contributed by atoms with E-state index in [4.69, 9.17) is 10.5 Å². The van der Waals surface area contributed by atoms with E-state index < -0.39 is 0 Å². The summed E-state index contributed by atoms with van der Waals surface area (Å²) < 4.78 is 5.74. The van der Waals surface area contributed by atoms with Crippen LogP contribution in [0.5, 0.6) is 5.88 Å². The SMILES string of the molecule is Cc1cc(OC(C)C)nc(N(CCN)C2CCCCC2)n1. The van der Waals surface area contributed by atoms with Gasteiger partial charge in [0.2, 0.25) is 11.8 Å². The number of nitrogens with zero attached hydrogens (tertiary/aromatic N) is 3. The normalized spacial score (nSPS) is 16.2. The summed E-state index contributed by atoms with van der Waals surface area (Å²) in [6.07, 6.45) is 6.43. The molecular formula is C16H28N4O. The molecule has 5 heteroatoms. The molecule has 0 aromatic carbocycles. The number of hydrogen-bond donors (Lipinski definition) is 1. The molecular weight excluding hydrogens is 264 g/mol. The zero-order valence-corrected chi connectivity index (χ0v) is 13.5. The van der Waals surface area contributed by atoms with Gasteiger partial charge in [-0.2, -0.15) is 4.98 Å². The molecule has 1 aliphatic carbocycles. The van der Waals surface area contributed by atoms with E-state index in [1.54, 1.807) is 0 Å². The molecule has 1 aliphatic rings. The van der Waals surface area contributed by atoms with Gasteiger partial charge in [0.1, 0.15) is 0 Å². The van der Waals surface area contributed by atoms with Gasteiger partial charge < -0.3 is 15.4 Å². The maximum atomic E-state index is 5.80. The van der Waals surface area contributed by atoms with Crippen LogP contribution in [0.2, 0.25) is 0 Å². The molecule has 2 rings (SSSR count). The number of ether oxygens (including phenoxy) is 1. The predicted octanol–water partition coefficient (Wildman–Crippen LogP) is 2.67. The van der Waals surface area contributed by atoms with Crippen LogP contribution in [0.3, 0.4) is 0 Å². The molecule has 1 aromatic rings. The van der Waals surface area contributed by atoms with Gasteiger partial charge in [-0.05, 0) is 33.6 Å². The van der Waals surface area contributed by atoms with E-state index in [1.807, 2.05) is 26.8 Å². The predicted molar refractivity (Wildman–Crippen MR) is 85.8 cm³/mol. The molecule has 1 heterocycles. The van der Waals surface area contributed by atoms with Gasteiger partial charge in [0.25, 0.3) is 0 Å². The Bertz CT molecular complexity index is 444. The first-order valence-corrected chi connectivity index (χ1v) is 8.09. The van der Waals surface area contributed by atoms with Crippen molar-refractivity contribution in [3.05, 3.63) is 11.8 Å². The van der Waals surface area contributed by atoms with Crippen molar-refractivity contribution in [1.29, 1.82) is 0 Å². The van der Waals surface area contributed by atoms with E-state index in [-0.39, 0.29) is 6.10 Å². The molecule has 1 aromatic heterocycles. The first-order chi connectivity index (χ1) is 10.1. The Balaban J connectivity index is 2.23. The Labute approximate surface area is 127 Å². The molecule has 21 heavy (non-hydrogen) atoms. The van der Waals surface area contributed by atoms with Crippen molar-refractivity contribution in [3.8, 4) is 5.88 Å². The molecule has 0 amide bonds. The van der Waals surface area contributed by atoms with E-state index in [1.165, 1.54) is 32.1 Å². The summed E-state index contributed by atoms with van der Waals surface area (Å²) in [5, 5.41) is 0. The average Bonchev–Trinajstić information content (AvgIpc) is 2.44. The van der Waals surface area contributed by atoms with E-state index in [9.17, 15) is 0 Å². The summed E-state index contributed by atoms with van der Waals surface area (Å²) in [7, 11) is 0. The highest BCUT2D eigenvalue weighted by Gasteiger charge is 2.23. The molecule has 0 bridgehead atoms. The highest BCUT2D eigenvalue weighted by molar-refractivity contribution is 5.36. The molecule has 0 radical (unpaired) electrons. The first-order valence-electron chi connectivity index (χ1n) is 8.09. The minimum Gasteiger partial charge on any atom is -0.475 e. The largest absolute Gasteiger partial charge is 0.475 e. The van der Waals surface area contributed by atoms with Crippen molar-refractivity contribution < 1.29 is 4.74 Å². The van der Waals surface area contributed by atoms with Crippen molar-refractivity contribution in [2.24, 2.45) is 5.73 Å². The fourth-order valence-corrected chi connectivity index (χ4v) is 2.93. The van der Waals surface area contributed by atoms with E-state index >= 15 is 0 Å². The highest BCUT2D eigenvalue weighted by atomic mass is 16.5. The smallest absolute Gasteiger partial charge is 0.229 e. The molecule has 0 unspecified atom stereocenters. The fourth-order valence-electron chi connectivity index (χ4n) is 2.93. The Morgan fingerprint density at radius 2 is 2.00 bits per heavy atom. The maximum Gasteiger partial charge on any atom is 0.229 e. The number of hydrogen-bond acceptors (Lipinski definition) is 5. The second-order valence-corrected chi connectivity index (χ2v) is 6.09. The number of anilines is 1. The van der Waals surface area contributed by atoms with Gasteiger partial charge in [-0.25, -0.2) is 4.98 Å². The topological polar surface area (TPSA) is 64.3 Å². The molecule has 1 saturated carbocycles. The van der Waals surface area contributed by atoms with Crippen LogP contribution >= 0.6 is 0 Å². The van der Waals surface area contributed by atoms with Crippen LogP contribution in [0.4, 0.5) is 5.95 Å². The van der Waals surface area contributed by atoms with Crippen molar-refractivity contribution in [2.75, 3.05) is 18.0 Å². The van der Waals surface area contributed by atoms with Crippen LogP contribution in [0.1, 0.15) is 51.6 Å². The zero-order chi connectivity index (χ0) is 15.2. The van der Waals surface area contributed by atoms with Gasteiger partial charge in [0.15, 0.2) is 0 Å². The van der Waals surface area contributed by atoms with Crippen LogP contribution in [0.25, 0.3) is 0 Å². The minimum atomic E-state index is 0.116. The highest BCUT2D eigenvalue weighted by Crippen LogP contribution is 2.26. The van der Waals surface area contributed by atoms with Gasteiger partial charge in [0.05, 0.1) is 6.10 Å². The number of aryl methyl sites for hydroxylation is 1. The summed E-state index contributed by atoms with van der Waals surface area (Å²) in [4.78, 5) is 11.5. The summed E-state index contributed by atoms with van der Waals surface area (Å²) in [5.41, 5.74) is 6.74. The van der Waals surface area contributed by atoms with Gasteiger partial charge in [-0.1, -0.05) is 19.3 Å². The third-order valence-electron chi connectivity index (χ3n) is 3.82. The van der Waals surface area contributed by atoms with E-state index in [0.29, 0.717) is 18.5 Å². The lowest BCUT2D eigenvalue weighted by Crippen LogP contribution is -2.41. The third kappa shape index (κ3) is 4.56. The van der Waals surface area contributed by atoms with Gasteiger partial charge >= 0.3 is 0 Å². The summed E-state index contributed by atoms with van der Waals surface area (Å²) in [6.45, 7) is 7.43. The fraction of sp³-hybridized carbons (Fsp3) is 0.750. The molecule has 118 valence electrons. The molecule has 0 aliphatic heterocycles. The lowest BCUT2D eigenvalue weighted by atomic mass is 9.94. The Morgan fingerprint density at radius 1 is 1.29 bits per heavy atom. The van der Waals surface area contributed by atoms with E-state index in [2.05, 4.69) is 14.9 Å². The molecule has 0 spiro atoms. The molecule has 2 N–H and O–H groups in total. The number of aromatic nitrogens is 2.